The van der Waals surface area contributed by atoms with E-state index in [-0.39, 0.29) is 6.10 Å². The number of aldehydes is 1. The molecule has 2 heteroatoms. The number of rotatable bonds is 8. The number of carbonyl (C=O) groups excluding carboxylic acids is 1. The van der Waals surface area contributed by atoms with Gasteiger partial charge in [0.2, 0.25) is 0 Å². The standard InChI is InChI=1S/C16H22O2/c1-3-5-6-11-15(9-4-2)18-16-12-8-7-10-14(16)13-17/h5-8,10,12-13,15H,3-4,9,11H2,1-2H3. The lowest BCUT2D eigenvalue weighted by atomic mass is 10.1. The Labute approximate surface area is 110 Å². The lowest BCUT2D eigenvalue weighted by Gasteiger charge is -2.18. The molecule has 0 saturated heterocycles. The van der Waals surface area contributed by atoms with Crippen LogP contribution in [0.1, 0.15) is 49.9 Å². The molecule has 0 heterocycles. The molecule has 1 aromatic rings. The summed E-state index contributed by atoms with van der Waals surface area (Å²) in [5.41, 5.74) is 0.623. The van der Waals surface area contributed by atoms with E-state index in [9.17, 15) is 4.79 Å². The van der Waals surface area contributed by atoms with E-state index >= 15 is 0 Å². The van der Waals surface area contributed by atoms with Crippen LogP contribution in [0.3, 0.4) is 0 Å². The van der Waals surface area contributed by atoms with Crippen molar-refractivity contribution >= 4 is 6.29 Å². The fraction of sp³-hybridized carbons (Fsp3) is 0.438. The maximum absolute atomic E-state index is 10.9. The van der Waals surface area contributed by atoms with E-state index in [1.54, 1.807) is 6.07 Å². The van der Waals surface area contributed by atoms with Crippen LogP contribution in [0.15, 0.2) is 36.4 Å². The third-order valence-electron chi connectivity index (χ3n) is 2.75. The highest BCUT2D eigenvalue weighted by Crippen LogP contribution is 2.20. The normalized spacial score (nSPS) is 12.6. The summed E-state index contributed by atoms with van der Waals surface area (Å²) in [5.74, 6) is 0.691. The molecule has 0 spiro atoms. The van der Waals surface area contributed by atoms with Crippen molar-refractivity contribution in [2.24, 2.45) is 0 Å². The second-order valence-corrected chi connectivity index (χ2v) is 4.30. The molecule has 0 aliphatic rings. The van der Waals surface area contributed by atoms with Gasteiger partial charge in [0, 0.05) is 6.42 Å². The predicted octanol–water partition coefficient (Wildman–Crippen LogP) is 4.40. The largest absolute Gasteiger partial charge is 0.489 e. The van der Waals surface area contributed by atoms with Gasteiger partial charge in [0.15, 0.2) is 6.29 Å². The summed E-state index contributed by atoms with van der Waals surface area (Å²) in [4.78, 5) is 10.9. The molecule has 0 radical (unpaired) electrons. The molecule has 0 aliphatic heterocycles. The van der Waals surface area contributed by atoms with Gasteiger partial charge in [-0.3, -0.25) is 4.79 Å². The topological polar surface area (TPSA) is 26.3 Å². The molecule has 2 nitrogen and oxygen atoms in total. The average molecular weight is 246 g/mol. The summed E-state index contributed by atoms with van der Waals surface area (Å²) in [6.07, 6.45) is 9.33. The highest BCUT2D eigenvalue weighted by Gasteiger charge is 2.10. The van der Waals surface area contributed by atoms with E-state index in [1.807, 2.05) is 18.2 Å². The van der Waals surface area contributed by atoms with Gasteiger partial charge in [-0.15, -0.1) is 0 Å². The van der Waals surface area contributed by atoms with E-state index < -0.39 is 0 Å². The molecule has 1 rings (SSSR count). The lowest BCUT2D eigenvalue weighted by molar-refractivity contribution is 0.111. The van der Waals surface area contributed by atoms with Crippen LogP contribution in [-0.2, 0) is 0 Å². The van der Waals surface area contributed by atoms with Gasteiger partial charge in [-0.05, 0) is 25.0 Å². The van der Waals surface area contributed by atoms with Crippen LogP contribution in [0.4, 0.5) is 0 Å². The van der Waals surface area contributed by atoms with E-state index in [0.717, 1.165) is 32.0 Å². The van der Waals surface area contributed by atoms with Crippen LogP contribution in [0.5, 0.6) is 5.75 Å². The van der Waals surface area contributed by atoms with Crippen LogP contribution in [0.2, 0.25) is 0 Å². The number of carbonyl (C=O) groups is 1. The Morgan fingerprint density at radius 2 is 2.00 bits per heavy atom. The fourth-order valence-corrected chi connectivity index (χ4v) is 1.83. The van der Waals surface area contributed by atoms with E-state index in [4.69, 9.17) is 4.74 Å². The zero-order valence-electron chi connectivity index (χ0n) is 11.3. The minimum absolute atomic E-state index is 0.152. The summed E-state index contributed by atoms with van der Waals surface area (Å²) in [6.45, 7) is 4.26. The zero-order chi connectivity index (χ0) is 13.2. The van der Waals surface area contributed by atoms with Crippen molar-refractivity contribution in [2.75, 3.05) is 0 Å². The van der Waals surface area contributed by atoms with Crippen LogP contribution in [0.25, 0.3) is 0 Å². The van der Waals surface area contributed by atoms with Crippen molar-refractivity contribution < 1.29 is 9.53 Å². The molecule has 0 N–H and O–H groups in total. The molecular formula is C16H22O2. The molecule has 0 amide bonds. The van der Waals surface area contributed by atoms with E-state index in [1.165, 1.54) is 0 Å². The van der Waals surface area contributed by atoms with Gasteiger partial charge in [-0.2, -0.15) is 0 Å². The molecule has 0 aromatic heterocycles. The predicted molar refractivity (Wildman–Crippen MR) is 75.2 cm³/mol. The highest BCUT2D eigenvalue weighted by atomic mass is 16.5. The fourth-order valence-electron chi connectivity index (χ4n) is 1.83. The molecule has 0 saturated carbocycles. The van der Waals surface area contributed by atoms with Crippen molar-refractivity contribution in [1.82, 2.24) is 0 Å². The Morgan fingerprint density at radius 1 is 1.22 bits per heavy atom. The third kappa shape index (κ3) is 4.74. The van der Waals surface area contributed by atoms with Crippen LogP contribution >= 0.6 is 0 Å². The number of benzene rings is 1. The van der Waals surface area contributed by atoms with Crippen molar-refractivity contribution in [1.29, 1.82) is 0 Å². The Bertz CT molecular complexity index is 382. The average Bonchev–Trinajstić information content (AvgIpc) is 2.40. The second kappa shape index (κ2) is 8.51. The second-order valence-electron chi connectivity index (χ2n) is 4.30. The lowest BCUT2D eigenvalue weighted by Crippen LogP contribution is -2.16. The van der Waals surface area contributed by atoms with Crippen molar-refractivity contribution in [3.05, 3.63) is 42.0 Å². The molecule has 0 fully saturated rings. The number of ether oxygens (including phenoxy) is 1. The Kier molecular flexibility index (Phi) is 6.85. The summed E-state index contributed by atoms with van der Waals surface area (Å²) in [5, 5.41) is 0. The Balaban J connectivity index is 2.69. The number of para-hydroxylation sites is 1. The summed E-state index contributed by atoms with van der Waals surface area (Å²) in [7, 11) is 0. The highest BCUT2D eigenvalue weighted by molar-refractivity contribution is 5.79. The van der Waals surface area contributed by atoms with Gasteiger partial charge in [-0.1, -0.05) is 44.6 Å². The quantitative estimate of drug-likeness (QED) is 0.502. The SMILES string of the molecule is CCC=CCC(CCC)Oc1ccccc1C=O. The molecule has 1 atom stereocenters. The molecule has 0 aliphatic carbocycles. The third-order valence-corrected chi connectivity index (χ3v) is 2.75. The monoisotopic (exact) mass is 246 g/mol. The van der Waals surface area contributed by atoms with Crippen LogP contribution in [0, 0.1) is 0 Å². The van der Waals surface area contributed by atoms with E-state index in [0.29, 0.717) is 11.3 Å². The van der Waals surface area contributed by atoms with Gasteiger partial charge >= 0.3 is 0 Å². The van der Waals surface area contributed by atoms with Gasteiger partial charge < -0.3 is 4.74 Å². The smallest absolute Gasteiger partial charge is 0.153 e. The van der Waals surface area contributed by atoms with Gasteiger partial charge in [0.05, 0.1) is 5.56 Å². The van der Waals surface area contributed by atoms with Crippen LogP contribution in [-0.4, -0.2) is 12.4 Å². The van der Waals surface area contributed by atoms with Crippen molar-refractivity contribution in [3.63, 3.8) is 0 Å². The first-order valence-corrected chi connectivity index (χ1v) is 6.67. The zero-order valence-corrected chi connectivity index (χ0v) is 11.3. The maximum atomic E-state index is 10.9. The van der Waals surface area contributed by atoms with Crippen LogP contribution < -0.4 is 4.74 Å². The summed E-state index contributed by atoms with van der Waals surface area (Å²) < 4.78 is 5.94. The summed E-state index contributed by atoms with van der Waals surface area (Å²) in [6, 6.07) is 7.39. The minimum atomic E-state index is 0.152. The first-order chi connectivity index (χ1) is 8.81. The summed E-state index contributed by atoms with van der Waals surface area (Å²) >= 11 is 0. The first-order valence-electron chi connectivity index (χ1n) is 6.67. The Morgan fingerprint density at radius 3 is 2.67 bits per heavy atom. The minimum Gasteiger partial charge on any atom is -0.489 e. The molecule has 18 heavy (non-hydrogen) atoms. The number of allylic oxidation sites excluding steroid dienone is 1. The Hall–Kier alpha value is -1.57. The molecule has 1 unspecified atom stereocenters. The first kappa shape index (κ1) is 14.5. The maximum Gasteiger partial charge on any atom is 0.153 e. The molecule has 0 bridgehead atoms. The molecule has 1 aromatic carbocycles. The van der Waals surface area contributed by atoms with Gasteiger partial charge in [0.1, 0.15) is 11.9 Å². The van der Waals surface area contributed by atoms with Crippen molar-refractivity contribution in [3.8, 4) is 5.75 Å². The number of hydrogen-bond donors (Lipinski definition) is 0. The van der Waals surface area contributed by atoms with Crippen molar-refractivity contribution in [2.45, 2.75) is 45.6 Å². The van der Waals surface area contributed by atoms with E-state index in [2.05, 4.69) is 26.0 Å². The number of hydrogen-bond acceptors (Lipinski definition) is 2. The van der Waals surface area contributed by atoms with Gasteiger partial charge in [-0.25, -0.2) is 0 Å². The van der Waals surface area contributed by atoms with Gasteiger partial charge in [0.25, 0.3) is 0 Å². The molecule has 98 valence electrons. The molecular weight excluding hydrogens is 224 g/mol.